The summed E-state index contributed by atoms with van der Waals surface area (Å²) in [6.07, 6.45) is 25.4. The molecule has 124 valence electrons. The van der Waals surface area contributed by atoms with Gasteiger partial charge in [-0.25, -0.2) is 0 Å². The van der Waals surface area contributed by atoms with Gasteiger partial charge < -0.3 is 10.1 Å². The first-order chi connectivity index (χ1) is 11.0. The third kappa shape index (κ3) is 7.31. The van der Waals surface area contributed by atoms with Crippen LogP contribution in [0, 0.1) is 5.92 Å². The van der Waals surface area contributed by atoms with Gasteiger partial charge in [0.05, 0.1) is 0 Å². The summed E-state index contributed by atoms with van der Waals surface area (Å²) in [5, 5.41) is 3.46. The van der Waals surface area contributed by atoms with Crippen molar-refractivity contribution in [3.8, 4) is 0 Å². The van der Waals surface area contributed by atoms with Crippen LogP contribution in [0.25, 0.3) is 0 Å². The molecule has 0 amide bonds. The van der Waals surface area contributed by atoms with Crippen LogP contribution in [-0.2, 0) is 4.74 Å². The minimum atomic E-state index is 0.609. The number of rotatable bonds is 1. The highest BCUT2D eigenvalue weighted by molar-refractivity contribution is 5.22. The number of nitrogens with one attached hydrogen (secondary N) is 1. The molecule has 1 atom stereocenters. The predicted molar refractivity (Wildman–Crippen MR) is 94.6 cm³/mol. The molecular weight excluding hydrogens is 270 g/mol. The lowest BCUT2D eigenvalue weighted by atomic mass is 9.93. The zero-order valence-electron chi connectivity index (χ0n) is 14.1. The maximum absolute atomic E-state index is 5.87. The molecule has 2 heteroatoms. The fourth-order valence-electron chi connectivity index (χ4n) is 3.34. The first-order valence-corrected chi connectivity index (χ1v) is 9.34. The molecule has 0 bridgehead atoms. The van der Waals surface area contributed by atoms with E-state index >= 15 is 0 Å². The van der Waals surface area contributed by atoms with E-state index in [1.54, 1.807) is 0 Å². The summed E-state index contributed by atoms with van der Waals surface area (Å²) in [6.45, 7) is 1.84. The van der Waals surface area contributed by atoms with Crippen molar-refractivity contribution in [1.82, 2.24) is 5.32 Å². The monoisotopic (exact) mass is 303 g/mol. The second-order valence-electron chi connectivity index (χ2n) is 6.58. The second-order valence-corrected chi connectivity index (χ2v) is 6.58. The molecule has 22 heavy (non-hydrogen) atoms. The minimum absolute atomic E-state index is 0.609. The summed E-state index contributed by atoms with van der Waals surface area (Å²) < 4.78 is 5.87. The molecule has 2 heterocycles. The lowest BCUT2D eigenvalue weighted by molar-refractivity contribution is 0.118. The fourth-order valence-corrected chi connectivity index (χ4v) is 3.34. The van der Waals surface area contributed by atoms with Crippen molar-refractivity contribution < 1.29 is 4.74 Å². The molecular formula is C20H33NO. The van der Waals surface area contributed by atoms with Gasteiger partial charge in [0.25, 0.3) is 0 Å². The van der Waals surface area contributed by atoms with Crippen LogP contribution in [0.3, 0.4) is 0 Å². The minimum Gasteiger partial charge on any atom is -0.381 e. The Hall–Kier alpha value is -1.02. The summed E-state index contributed by atoms with van der Waals surface area (Å²) in [4.78, 5) is 0. The van der Waals surface area contributed by atoms with Crippen LogP contribution in [0.5, 0.6) is 0 Å². The van der Waals surface area contributed by atoms with E-state index in [-0.39, 0.29) is 0 Å². The maximum atomic E-state index is 5.87. The molecule has 0 radical (unpaired) electrons. The van der Waals surface area contributed by atoms with Gasteiger partial charge >= 0.3 is 0 Å². The van der Waals surface area contributed by atoms with Crippen molar-refractivity contribution in [2.75, 3.05) is 13.2 Å². The van der Waals surface area contributed by atoms with E-state index in [0.717, 1.165) is 19.6 Å². The van der Waals surface area contributed by atoms with E-state index in [9.17, 15) is 0 Å². The summed E-state index contributed by atoms with van der Waals surface area (Å²) in [5.74, 6) is 0.609. The SMILES string of the molecule is C1=CC=C(C2CCCCCCCCCCCOCC2)NC=C1. The van der Waals surface area contributed by atoms with Gasteiger partial charge in [-0.05, 0) is 31.4 Å². The first kappa shape index (κ1) is 17.3. The topological polar surface area (TPSA) is 21.3 Å². The van der Waals surface area contributed by atoms with Gasteiger partial charge in [0.1, 0.15) is 0 Å². The average Bonchev–Trinajstić information content (AvgIpc) is 2.82. The first-order valence-electron chi connectivity index (χ1n) is 9.34. The van der Waals surface area contributed by atoms with Crippen LogP contribution in [0.15, 0.2) is 36.2 Å². The van der Waals surface area contributed by atoms with Crippen molar-refractivity contribution in [3.05, 3.63) is 36.2 Å². The Morgan fingerprint density at radius 1 is 0.727 bits per heavy atom. The van der Waals surface area contributed by atoms with Crippen molar-refractivity contribution in [1.29, 1.82) is 0 Å². The van der Waals surface area contributed by atoms with Crippen LogP contribution in [-0.4, -0.2) is 13.2 Å². The van der Waals surface area contributed by atoms with E-state index in [4.69, 9.17) is 4.74 Å². The van der Waals surface area contributed by atoms with Gasteiger partial charge in [-0.2, -0.15) is 0 Å². The third-order valence-electron chi connectivity index (χ3n) is 4.74. The van der Waals surface area contributed by atoms with Crippen LogP contribution >= 0.6 is 0 Å². The van der Waals surface area contributed by atoms with Crippen molar-refractivity contribution in [3.63, 3.8) is 0 Å². The molecule has 1 saturated heterocycles. The summed E-state index contributed by atoms with van der Waals surface area (Å²) >= 11 is 0. The molecule has 2 nitrogen and oxygen atoms in total. The van der Waals surface area contributed by atoms with Gasteiger partial charge in [0.2, 0.25) is 0 Å². The summed E-state index contributed by atoms with van der Waals surface area (Å²) in [5.41, 5.74) is 1.36. The van der Waals surface area contributed by atoms with Crippen molar-refractivity contribution in [2.24, 2.45) is 5.92 Å². The Bertz CT molecular complexity index is 354. The van der Waals surface area contributed by atoms with Gasteiger partial charge in [0, 0.05) is 31.0 Å². The molecule has 1 unspecified atom stereocenters. The predicted octanol–water partition coefficient (Wildman–Crippen LogP) is 5.48. The average molecular weight is 303 g/mol. The highest BCUT2D eigenvalue weighted by Gasteiger charge is 2.14. The van der Waals surface area contributed by atoms with E-state index in [2.05, 4.69) is 29.6 Å². The van der Waals surface area contributed by atoms with Gasteiger partial charge in [-0.3, -0.25) is 0 Å². The molecule has 0 aromatic rings. The molecule has 2 aliphatic rings. The van der Waals surface area contributed by atoms with Gasteiger partial charge in [-0.1, -0.05) is 63.5 Å². The van der Waals surface area contributed by atoms with Crippen LogP contribution in [0.1, 0.15) is 70.6 Å². The number of hydrogen-bond acceptors (Lipinski definition) is 2. The third-order valence-corrected chi connectivity index (χ3v) is 4.74. The van der Waals surface area contributed by atoms with Crippen LogP contribution < -0.4 is 5.32 Å². The fraction of sp³-hybridized carbons (Fsp3) is 0.700. The highest BCUT2D eigenvalue weighted by atomic mass is 16.5. The van der Waals surface area contributed by atoms with Gasteiger partial charge in [-0.15, -0.1) is 0 Å². The number of ether oxygens (including phenoxy) is 1. The number of hydrogen-bond donors (Lipinski definition) is 1. The number of allylic oxidation sites excluding steroid dienone is 5. The Kier molecular flexibility index (Phi) is 9.09. The molecule has 0 aromatic carbocycles. The standard InChI is InChI=1S/C20H33NO/c1-2-4-6-9-13-19(20-14-10-8-11-16-21-20)15-18-22-17-12-7-5-3-1/h8,10-11,14,16,19,21H,1-7,9,12-13,15,17-18H2. The normalized spacial score (nSPS) is 26.2. The molecule has 1 fully saturated rings. The summed E-state index contributed by atoms with van der Waals surface area (Å²) in [7, 11) is 0. The molecule has 2 aliphatic heterocycles. The quantitative estimate of drug-likeness (QED) is 0.692. The molecule has 2 rings (SSSR count). The lowest BCUT2D eigenvalue weighted by Crippen LogP contribution is -2.17. The highest BCUT2D eigenvalue weighted by Crippen LogP contribution is 2.23. The maximum Gasteiger partial charge on any atom is 0.0472 e. The Labute approximate surface area is 136 Å². The summed E-state index contributed by atoms with van der Waals surface area (Å²) in [6, 6.07) is 0. The Morgan fingerprint density at radius 2 is 1.45 bits per heavy atom. The lowest BCUT2D eigenvalue weighted by Gasteiger charge is -2.20. The Morgan fingerprint density at radius 3 is 2.27 bits per heavy atom. The molecule has 0 aliphatic carbocycles. The molecule has 1 N–H and O–H groups in total. The van der Waals surface area contributed by atoms with Crippen molar-refractivity contribution >= 4 is 0 Å². The smallest absolute Gasteiger partial charge is 0.0472 e. The van der Waals surface area contributed by atoms with Crippen LogP contribution in [0.2, 0.25) is 0 Å². The zero-order chi connectivity index (χ0) is 15.3. The molecule has 0 saturated carbocycles. The largest absolute Gasteiger partial charge is 0.381 e. The molecule has 0 spiro atoms. The van der Waals surface area contributed by atoms with Crippen molar-refractivity contribution in [2.45, 2.75) is 70.6 Å². The second kappa shape index (κ2) is 11.5. The zero-order valence-corrected chi connectivity index (χ0v) is 14.1. The van der Waals surface area contributed by atoms with E-state index in [1.807, 2.05) is 6.20 Å². The van der Waals surface area contributed by atoms with E-state index in [0.29, 0.717) is 5.92 Å². The van der Waals surface area contributed by atoms with Crippen LogP contribution in [0.4, 0.5) is 0 Å². The molecule has 0 aromatic heterocycles. The van der Waals surface area contributed by atoms with E-state index in [1.165, 1.54) is 69.9 Å². The Balaban J connectivity index is 1.83. The van der Waals surface area contributed by atoms with Gasteiger partial charge in [0.15, 0.2) is 0 Å². The van der Waals surface area contributed by atoms with E-state index < -0.39 is 0 Å².